The summed E-state index contributed by atoms with van der Waals surface area (Å²) in [5, 5.41) is 4.48. The van der Waals surface area contributed by atoms with Crippen molar-refractivity contribution < 1.29 is 4.74 Å². The van der Waals surface area contributed by atoms with E-state index in [0.29, 0.717) is 6.04 Å². The predicted molar refractivity (Wildman–Crippen MR) is 92.9 cm³/mol. The second-order valence-corrected chi connectivity index (χ2v) is 6.98. The van der Waals surface area contributed by atoms with E-state index in [1.54, 1.807) is 0 Å². The van der Waals surface area contributed by atoms with Crippen LogP contribution in [0.5, 0.6) is 0 Å². The molecule has 1 aliphatic carbocycles. The molecule has 1 saturated heterocycles. The zero-order valence-electron chi connectivity index (χ0n) is 14.6. The SMILES string of the molecule is Cc1nc(C)n(C[C@@H]2CN([C@H]3CCCc4ccccc43)CCO2)n1. The van der Waals surface area contributed by atoms with Gasteiger partial charge in [0.15, 0.2) is 0 Å². The zero-order chi connectivity index (χ0) is 16.5. The van der Waals surface area contributed by atoms with Gasteiger partial charge in [0.2, 0.25) is 0 Å². The molecule has 0 N–H and O–H groups in total. The molecule has 2 aliphatic rings. The second kappa shape index (κ2) is 6.65. The Hall–Kier alpha value is -1.72. The Balaban J connectivity index is 1.48. The molecule has 0 bridgehead atoms. The molecular formula is C19H26N4O. The number of benzene rings is 1. The number of ether oxygens (including phenoxy) is 1. The van der Waals surface area contributed by atoms with Crippen LogP contribution in [0.15, 0.2) is 24.3 Å². The van der Waals surface area contributed by atoms with E-state index < -0.39 is 0 Å². The molecule has 1 aromatic carbocycles. The molecule has 128 valence electrons. The average molecular weight is 326 g/mol. The van der Waals surface area contributed by atoms with Crippen molar-refractivity contribution in [2.75, 3.05) is 19.7 Å². The van der Waals surface area contributed by atoms with Gasteiger partial charge in [-0.25, -0.2) is 9.67 Å². The molecule has 1 fully saturated rings. The summed E-state index contributed by atoms with van der Waals surface area (Å²) in [5.41, 5.74) is 3.05. The first-order valence-electron chi connectivity index (χ1n) is 9.02. The lowest BCUT2D eigenvalue weighted by Crippen LogP contribution is -2.46. The van der Waals surface area contributed by atoms with Crippen LogP contribution < -0.4 is 0 Å². The standard InChI is InChI=1S/C19H26N4O/c1-14-20-15(2)23(21-14)13-17-12-22(10-11-24-17)19-9-5-7-16-6-3-4-8-18(16)19/h3-4,6,8,17,19H,5,7,9-13H2,1-2H3/t17-,19-/m0/s1. The Labute approximate surface area is 143 Å². The van der Waals surface area contributed by atoms with Crippen molar-refractivity contribution in [3.8, 4) is 0 Å². The highest BCUT2D eigenvalue weighted by molar-refractivity contribution is 5.32. The maximum absolute atomic E-state index is 6.02. The van der Waals surface area contributed by atoms with Gasteiger partial charge in [-0.15, -0.1) is 0 Å². The van der Waals surface area contributed by atoms with Crippen molar-refractivity contribution >= 4 is 0 Å². The summed E-state index contributed by atoms with van der Waals surface area (Å²) >= 11 is 0. The van der Waals surface area contributed by atoms with E-state index in [9.17, 15) is 0 Å². The third-order valence-electron chi connectivity index (χ3n) is 5.29. The van der Waals surface area contributed by atoms with Crippen LogP contribution in [0.25, 0.3) is 0 Å². The molecule has 0 radical (unpaired) electrons. The molecule has 5 heteroatoms. The molecule has 1 aromatic heterocycles. The molecule has 2 atom stereocenters. The third-order valence-corrected chi connectivity index (χ3v) is 5.29. The van der Waals surface area contributed by atoms with Crippen molar-refractivity contribution in [2.45, 2.75) is 51.8 Å². The Morgan fingerprint density at radius 2 is 2.12 bits per heavy atom. The van der Waals surface area contributed by atoms with Crippen LogP contribution >= 0.6 is 0 Å². The van der Waals surface area contributed by atoms with Gasteiger partial charge in [-0.1, -0.05) is 24.3 Å². The van der Waals surface area contributed by atoms with Crippen LogP contribution in [0, 0.1) is 13.8 Å². The number of aromatic nitrogens is 3. The quantitative estimate of drug-likeness (QED) is 0.870. The molecule has 5 nitrogen and oxygen atoms in total. The number of fused-ring (bicyclic) bond motifs is 1. The van der Waals surface area contributed by atoms with Gasteiger partial charge in [-0.3, -0.25) is 4.90 Å². The molecule has 1 aliphatic heterocycles. The molecule has 2 heterocycles. The van der Waals surface area contributed by atoms with E-state index in [2.05, 4.69) is 39.2 Å². The summed E-state index contributed by atoms with van der Waals surface area (Å²) < 4.78 is 8.01. The van der Waals surface area contributed by atoms with Crippen LogP contribution in [-0.2, 0) is 17.7 Å². The molecule has 4 rings (SSSR count). The summed E-state index contributed by atoms with van der Waals surface area (Å²) in [6.07, 6.45) is 3.95. The van der Waals surface area contributed by atoms with Gasteiger partial charge in [0, 0.05) is 19.1 Å². The summed E-state index contributed by atoms with van der Waals surface area (Å²) in [4.78, 5) is 7.01. The monoisotopic (exact) mass is 326 g/mol. The first-order chi connectivity index (χ1) is 11.7. The Morgan fingerprint density at radius 1 is 1.25 bits per heavy atom. The topological polar surface area (TPSA) is 43.2 Å². The second-order valence-electron chi connectivity index (χ2n) is 6.98. The van der Waals surface area contributed by atoms with Gasteiger partial charge in [0.1, 0.15) is 11.6 Å². The van der Waals surface area contributed by atoms with E-state index in [0.717, 1.165) is 37.9 Å². The van der Waals surface area contributed by atoms with Gasteiger partial charge in [0.05, 0.1) is 19.3 Å². The van der Waals surface area contributed by atoms with Gasteiger partial charge >= 0.3 is 0 Å². The summed E-state index contributed by atoms with van der Waals surface area (Å²) in [6.45, 7) is 7.53. The molecule has 0 saturated carbocycles. The zero-order valence-corrected chi connectivity index (χ0v) is 14.6. The molecule has 0 unspecified atom stereocenters. The fraction of sp³-hybridized carbons (Fsp3) is 0.579. The minimum Gasteiger partial charge on any atom is -0.374 e. The minimum absolute atomic E-state index is 0.188. The highest BCUT2D eigenvalue weighted by atomic mass is 16.5. The summed E-state index contributed by atoms with van der Waals surface area (Å²) in [6, 6.07) is 9.49. The van der Waals surface area contributed by atoms with E-state index >= 15 is 0 Å². The Kier molecular flexibility index (Phi) is 4.37. The summed E-state index contributed by atoms with van der Waals surface area (Å²) in [7, 11) is 0. The van der Waals surface area contributed by atoms with Crippen LogP contribution in [-0.4, -0.2) is 45.5 Å². The first-order valence-corrected chi connectivity index (χ1v) is 9.02. The lowest BCUT2D eigenvalue weighted by atomic mass is 9.86. The van der Waals surface area contributed by atoms with Crippen LogP contribution in [0.2, 0.25) is 0 Å². The Morgan fingerprint density at radius 3 is 2.96 bits per heavy atom. The van der Waals surface area contributed by atoms with E-state index in [4.69, 9.17) is 4.74 Å². The maximum Gasteiger partial charge on any atom is 0.147 e. The largest absolute Gasteiger partial charge is 0.374 e. The fourth-order valence-corrected chi connectivity index (χ4v) is 4.17. The molecular weight excluding hydrogens is 300 g/mol. The number of rotatable bonds is 3. The maximum atomic E-state index is 6.02. The number of hydrogen-bond donors (Lipinski definition) is 0. The normalized spacial score (nSPS) is 24.8. The molecule has 0 spiro atoms. The highest BCUT2D eigenvalue weighted by Crippen LogP contribution is 2.35. The molecule has 2 aromatic rings. The van der Waals surface area contributed by atoms with Crippen LogP contribution in [0.3, 0.4) is 0 Å². The minimum atomic E-state index is 0.188. The van der Waals surface area contributed by atoms with Crippen molar-refractivity contribution in [1.82, 2.24) is 19.7 Å². The van der Waals surface area contributed by atoms with E-state index in [1.165, 1.54) is 30.4 Å². The van der Waals surface area contributed by atoms with Crippen molar-refractivity contribution in [2.24, 2.45) is 0 Å². The van der Waals surface area contributed by atoms with Gasteiger partial charge < -0.3 is 4.74 Å². The summed E-state index contributed by atoms with van der Waals surface area (Å²) in [5.74, 6) is 1.80. The molecule has 0 amide bonds. The average Bonchev–Trinajstić information content (AvgIpc) is 2.92. The van der Waals surface area contributed by atoms with Crippen molar-refractivity contribution in [3.63, 3.8) is 0 Å². The fourth-order valence-electron chi connectivity index (χ4n) is 4.17. The van der Waals surface area contributed by atoms with Crippen LogP contribution in [0.1, 0.15) is 41.7 Å². The van der Waals surface area contributed by atoms with Crippen molar-refractivity contribution in [3.05, 3.63) is 47.0 Å². The smallest absolute Gasteiger partial charge is 0.147 e. The Bertz CT molecular complexity index is 711. The van der Waals surface area contributed by atoms with Crippen LogP contribution in [0.4, 0.5) is 0 Å². The third kappa shape index (κ3) is 3.10. The van der Waals surface area contributed by atoms with Gasteiger partial charge in [-0.2, -0.15) is 5.10 Å². The van der Waals surface area contributed by atoms with Crippen molar-refractivity contribution in [1.29, 1.82) is 0 Å². The lowest BCUT2D eigenvalue weighted by Gasteiger charge is -2.40. The highest BCUT2D eigenvalue weighted by Gasteiger charge is 2.30. The number of hydrogen-bond acceptors (Lipinski definition) is 4. The molecule has 24 heavy (non-hydrogen) atoms. The van der Waals surface area contributed by atoms with Gasteiger partial charge in [0.25, 0.3) is 0 Å². The lowest BCUT2D eigenvalue weighted by molar-refractivity contribution is -0.0544. The van der Waals surface area contributed by atoms with E-state index in [1.807, 2.05) is 18.5 Å². The van der Waals surface area contributed by atoms with Gasteiger partial charge in [-0.05, 0) is 44.2 Å². The number of morpholine rings is 1. The number of nitrogens with zero attached hydrogens (tertiary/aromatic N) is 4. The number of aryl methyl sites for hydroxylation is 3. The van der Waals surface area contributed by atoms with E-state index in [-0.39, 0.29) is 6.10 Å². The predicted octanol–water partition coefficient (Wildman–Crippen LogP) is 2.67. The first kappa shape index (κ1) is 15.8.